The molecular formula is C25H33ClN2O3. The van der Waals surface area contributed by atoms with E-state index in [1.807, 2.05) is 50.2 Å². The number of hydrogen-bond donors (Lipinski definition) is 1. The van der Waals surface area contributed by atoms with Gasteiger partial charge in [0.1, 0.15) is 11.8 Å². The van der Waals surface area contributed by atoms with Crippen LogP contribution in [0.2, 0.25) is 5.02 Å². The second kappa shape index (κ2) is 11.8. The average Bonchev–Trinajstić information content (AvgIpc) is 2.73. The Morgan fingerprint density at radius 3 is 2.39 bits per heavy atom. The summed E-state index contributed by atoms with van der Waals surface area (Å²) in [5, 5.41) is 3.50. The number of nitrogens with one attached hydrogen (secondary N) is 1. The first-order valence-electron chi connectivity index (χ1n) is 10.7. The van der Waals surface area contributed by atoms with E-state index in [-0.39, 0.29) is 30.9 Å². The van der Waals surface area contributed by atoms with Crippen LogP contribution in [0, 0.1) is 5.92 Å². The summed E-state index contributed by atoms with van der Waals surface area (Å²) in [6, 6.07) is 14.4. The van der Waals surface area contributed by atoms with E-state index >= 15 is 0 Å². The lowest BCUT2D eigenvalue weighted by atomic mass is 10.0. The molecule has 2 amide bonds. The SMILES string of the molecule is CC(C)CNC(=O)[C@H](C)N(Cc1cccc(Cl)c1)C(=O)COc1ccccc1C(C)C. The van der Waals surface area contributed by atoms with Gasteiger partial charge in [-0.1, -0.05) is 69.6 Å². The number of carbonyl (C=O) groups is 2. The smallest absolute Gasteiger partial charge is 0.261 e. The molecule has 6 heteroatoms. The van der Waals surface area contributed by atoms with Gasteiger partial charge in [-0.15, -0.1) is 0 Å². The molecule has 0 spiro atoms. The maximum atomic E-state index is 13.2. The number of rotatable bonds is 10. The van der Waals surface area contributed by atoms with Gasteiger partial charge >= 0.3 is 0 Å². The number of nitrogens with zero attached hydrogens (tertiary/aromatic N) is 1. The molecule has 0 saturated heterocycles. The highest BCUT2D eigenvalue weighted by molar-refractivity contribution is 6.30. The average molecular weight is 445 g/mol. The third kappa shape index (κ3) is 7.59. The number of benzene rings is 2. The van der Waals surface area contributed by atoms with Gasteiger partial charge in [0.05, 0.1) is 0 Å². The molecule has 2 aromatic carbocycles. The molecule has 2 aromatic rings. The Morgan fingerprint density at radius 2 is 1.74 bits per heavy atom. The quantitative estimate of drug-likeness (QED) is 0.559. The molecule has 0 aromatic heterocycles. The van der Waals surface area contributed by atoms with Gasteiger partial charge in [0, 0.05) is 18.1 Å². The molecule has 168 valence electrons. The van der Waals surface area contributed by atoms with E-state index in [0.29, 0.717) is 23.2 Å². The Morgan fingerprint density at radius 1 is 1.03 bits per heavy atom. The molecule has 1 N–H and O–H groups in total. The van der Waals surface area contributed by atoms with E-state index in [9.17, 15) is 9.59 Å². The molecule has 2 rings (SSSR count). The lowest BCUT2D eigenvalue weighted by molar-refractivity contribution is -0.142. The van der Waals surface area contributed by atoms with Crippen LogP contribution in [0.3, 0.4) is 0 Å². The van der Waals surface area contributed by atoms with Crippen LogP contribution in [0.15, 0.2) is 48.5 Å². The minimum absolute atomic E-state index is 0.147. The van der Waals surface area contributed by atoms with E-state index < -0.39 is 6.04 Å². The van der Waals surface area contributed by atoms with Crippen LogP contribution >= 0.6 is 11.6 Å². The molecule has 0 radical (unpaired) electrons. The first kappa shape index (κ1) is 24.7. The topological polar surface area (TPSA) is 58.6 Å². The van der Waals surface area contributed by atoms with Crippen molar-refractivity contribution in [1.82, 2.24) is 10.2 Å². The minimum Gasteiger partial charge on any atom is -0.483 e. The minimum atomic E-state index is -0.644. The van der Waals surface area contributed by atoms with Crippen LogP contribution < -0.4 is 10.1 Å². The first-order chi connectivity index (χ1) is 14.7. The van der Waals surface area contributed by atoms with E-state index in [2.05, 4.69) is 19.2 Å². The summed E-state index contributed by atoms with van der Waals surface area (Å²) < 4.78 is 5.88. The zero-order chi connectivity index (χ0) is 23.0. The zero-order valence-corrected chi connectivity index (χ0v) is 19.8. The van der Waals surface area contributed by atoms with Crippen LogP contribution in [-0.2, 0) is 16.1 Å². The second-order valence-corrected chi connectivity index (χ2v) is 8.88. The molecule has 0 aliphatic rings. The van der Waals surface area contributed by atoms with Gasteiger partial charge in [-0.2, -0.15) is 0 Å². The molecule has 1 atom stereocenters. The summed E-state index contributed by atoms with van der Waals surface area (Å²) in [6.07, 6.45) is 0. The molecule has 5 nitrogen and oxygen atoms in total. The van der Waals surface area contributed by atoms with Gasteiger partial charge in [0.25, 0.3) is 5.91 Å². The highest BCUT2D eigenvalue weighted by atomic mass is 35.5. The Bertz CT molecular complexity index is 883. The van der Waals surface area contributed by atoms with Crippen molar-refractivity contribution in [3.63, 3.8) is 0 Å². The van der Waals surface area contributed by atoms with Crippen molar-refractivity contribution in [1.29, 1.82) is 0 Å². The number of para-hydroxylation sites is 1. The fourth-order valence-corrected chi connectivity index (χ4v) is 3.39. The van der Waals surface area contributed by atoms with Crippen LogP contribution in [-0.4, -0.2) is 35.9 Å². The van der Waals surface area contributed by atoms with Crippen molar-refractivity contribution < 1.29 is 14.3 Å². The van der Waals surface area contributed by atoms with E-state index in [0.717, 1.165) is 11.1 Å². The first-order valence-corrected chi connectivity index (χ1v) is 11.1. The van der Waals surface area contributed by atoms with E-state index in [4.69, 9.17) is 16.3 Å². The van der Waals surface area contributed by atoms with Gasteiger partial charge in [0.2, 0.25) is 5.91 Å². The molecule has 0 fully saturated rings. The van der Waals surface area contributed by atoms with Crippen molar-refractivity contribution in [2.24, 2.45) is 5.92 Å². The predicted molar refractivity (Wildman–Crippen MR) is 125 cm³/mol. The van der Waals surface area contributed by atoms with Crippen molar-refractivity contribution in [2.75, 3.05) is 13.2 Å². The third-order valence-electron chi connectivity index (χ3n) is 4.99. The monoisotopic (exact) mass is 444 g/mol. The van der Waals surface area contributed by atoms with Crippen LogP contribution in [0.1, 0.15) is 51.7 Å². The Kier molecular flexibility index (Phi) is 9.38. The van der Waals surface area contributed by atoms with Gasteiger partial charge < -0.3 is 15.0 Å². The van der Waals surface area contributed by atoms with Crippen LogP contribution in [0.25, 0.3) is 0 Å². The lowest BCUT2D eigenvalue weighted by Gasteiger charge is -2.29. The van der Waals surface area contributed by atoms with Gasteiger partial charge in [-0.05, 0) is 48.1 Å². The van der Waals surface area contributed by atoms with Gasteiger partial charge in [-0.25, -0.2) is 0 Å². The summed E-state index contributed by atoms with van der Waals surface area (Å²) in [4.78, 5) is 27.4. The summed E-state index contributed by atoms with van der Waals surface area (Å²) >= 11 is 6.12. The molecule has 0 heterocycles. The number of carbonyl (C=O) groups excluding carboxylic acids is 2. The Labute approximate surface area is 190 Å². The molecular weight excluding hydrogens is 412 g/mol. The third-order valence-corrected chi connectivity index (χ3v) is 5.22. The summed E-state index contributed by atoms with van der Waals surface area (Å²) in [6.45, 7) is 10.6. The maximum absolute atomic E-state index is 13.2. The van der Waals surface area contributed by atoms with Crippen LogP contribution in [0.4, 0.5) is 0 Å². The number of amides is 2. The maximum Gasteiger partial charge on any atom is 0.261 e. The molecule has 0 saturated carbocycles. The Balaban J connectivity index is 2.18. The Hall–Kier alpha value is -2.53. The molecule has 0 bridgehead atoms. The lowest BCUT2D eigenvalue weighted by Crippen LogP contribution is -2.49. The standard InChI is InChI=1S/C25H33ClN2O3/c1-17(2)14-27-25(30)19(5)28(15-20-9-8-10-21(26)13-20)24(29)16-31-23-12-7-6-11-22(23)18(3)4/h6-13,17-19H,14-16H2,1-5H3,(H,27,30)/t19-/m0/s1. The van der Waals surface area contributed by atoms with Crippen molar-refractivity contribution in [2.45, 2.75) is 53.1 Å². The summed E-state index contributed by atoms with van der Waals surface area (Å²) in [7, 11) is 0. The van der Waals surface area contributed by atoms with Crippen molar-refractivity contribution in [3.05, 3.63) is 64.7 Å². The van der Waals surface area contributed by atoms with Gasteiger partial charge in [0.15, 0.2) is 6.61 Å². The predicted octanol–water partition coefficient (Wildman–Crippen LogP) is 5.03. The molecule has 0 aliphatic carbocycles. The second-order valence-electron chi connectivity index (χ2n) is 8.45. The number of ether oxygens (including phenoxy) is 1. The van der Waals surface area contributed by atoms with E-state index in [1.165, 1.54) is 0 Å². The molecule has 31 heavy (non-hydrogen) atoms. The highest BCUT2D eigenvalue weighted by Gasteiger charge is 2.27. The van der Waals surface area contributed by atoms with E-state index in [1.54, 1.807) is 24.0 Å². The summed E-state index contributed by atoms with van der Waals surface area (Å²) in [5.41, 5.74) is 1.89. The zero-order valence-electron chi connectivity index (χ0n) is 19.0. The van der Waals surface area contributed by atoms with Crippen LogP contribution in [0.5, 0.6) is 5.75 Å². The largest absolute Gasteiger partial charge is 0.483 e. The van der Waals surface area contributed by atoms with Gasteiger partial charge in [-0.3, -0.25) is 9.59 Å². The van der Waals surface area contributed by atoms with Crippen molar-refractivity contribution >= 4 is 23.4 Å². The normalized spacial score (nSPS) is 12.0. The number of halogens is 1. The van der Waals surface area contributed by atoms with Crippen molar-refractivity contribution in [3.8, 4) is 5.75 Å². The molecule has 0 unspecified atom stereocenters. The fourth-order valence-electron chi connectivity index (χ4n) is 3.18. The molecule has 0 aliphatic heterocycles. The summed E-state index contributed by atoms with van der Waals surface area (Å²) in [5.74, 6) is 0.835. The number of hydrogen-bond acceptors (Lipinski definition) is 3. The fraction of sp³-hybridized carbons (Fsp3) is 0.440. The highest BCUT2D eigenvalue weighted by Crippen LogP contribution is 2.26.